The average molecular weight is 312 g/mol. The maximum absolute atomic E-state index is 10.8. The number of nitro groups is 1. The Labute approximate surface area is 125 Å². The SMILES string of the molecule is Cc1nc(CNc2c(C)cc([N+](=O)[O-])cc2Cl)c(C)s1. The fourth-order valence-corrected chi connectivity index (χ4v) is 3.13. The molecule has 1 aromatic heterocycles. The van der Waals surface area contributed by atoms with E-state index in [1.807, 2.05) is 13.8 Å². The molecule has 5 nitrogen and oxygen atoms in total. The van der Waals surface area contributed by atoms with E-state index in [1.54, 1.807) is 18.3 Å². The molecule has 0 aliphatic rings. The number of thiazole rings is 1. The molecule has 1 heterocycles. The zero-order valence-corrected chi connectivity index (χ0v) is 12.9. The molecule has 106 valence electrons. The number of anilines is 1. The molecule has 0 fully saturated rings. The number of nitrogens with zero attached hydrogens (tertiary/aromatic N) is 2. The van der Waals surface area contributed by atoms with E-state index in [0.717, 1.165) is 21.1 Å². The van der Waals surface area contributed by atoms with Crippen LogP contribution >= 0.6 is 22.9 Å². The Balaban J connectivity index is 2.22. The first-order valence-electron chi connectivity index (χ1n) is 6.00. The van der Waals surface area contributed by atoms with Crippen molar-refractivity contribution in [1.82, 2.24) is 4.98 Å². The Morgan fingerprint density at radius 3 is 2.60 bits per heavy atom. The zero-order chi connectivity index (χ0) is 14.9. The topological polar surface area (TPSA) is 68.1 Å². The first-order valence-corrected chi connectivity index (χ1v) is 7.19. The summed E-state index contributed by atoms with van der Waals surface area (Å²) in [7, 11) is 0. The molecule has 0 aliphatic heterocycles. The van der Waals surface area contributed by atoms with Gasteiger partial charge in [-0.2, -0.15) is 0 Å². The van der Waals surface area contributed by atoms with Gasteiger partial charge in [-0.25, -0.2) is 4.98 Å². The average Bonchev–Trinajstić information content (AvgIpc) is 2.66. The number of aromatic nitrogens is 1. The van der Waals surface area contributed by atoms with Gasteiger partial charge in [0.25, 0.3) is 5.69 Å². The third-order valence-corrected chi connectivity index (χ3v) is 4.14. The smallest absolute Gasteiger partial charge is 0.271 e. The van der Waals surface area contributed by atoms with Crippen LogP contribution in [0.25, 0.3) is 0 Å². The molecule has 0 radical (unpaired) electrons. The van der Waals surface area contributed by atoms with Gasteiger partial charge in [0.2, 0.25) is 0 Å². The van der Waals surface area contributed by atoms with E-state index in [4.69, 9.17) is 11.6 Å². The molecule has 0 saturated heterocycles. The highest BCUT2D eigenvalue weighted by molar-refractivity contribution is 7.11. The van der Waals surface area contributed by atoms with Crippen LogP contribution in [0.15, 0.2) is 12.1 Å². The molecule has 0 unspecified atom stereocenters. The number of nitro benzene ring substituents is 1. The molecule has 7 heteroatoms. The highest BCUT2D eigenvalue weighted by Crippen LogP contribution is 2.31. The maximum Gasteiger partial charge on any atom is 0.271 e. The van der Waals surface area contributed by atoms with E-state index in [-0.39, 0.29) is 5.69 Å². The minimum Gasteiger partial charge on any atom is -0.378 e. The molecule has 2 aromatic rings. The highest BCUT2D eigenvalue weighted by atomic mass is 35.5. The number of hydrogen-bond acceptors (Lipinski definition) is 5. The predicted octanol–water partition coefficient (Wildman–Crippen LogP) is 4.24. The summed E-state index contributed by atoms with van der Waals surface area (Å²) in [6.07, 6.45) is 0. The van der Waals surface area contributed by atoms with Crippen LogP contribution in [0.3, 0.4) is 0 Å². The fourth-order valence-electron chi connectivity index (χ4n) is 1.96. The largest absolute Gasteiger partial charge is 0.378 e. The molecule has 20 heavy (non-hydrogen) atoms. The summed E-state index contributed by atoms with van der Waals surface area (Å²) in [4.78, 5) is 15.9. The Morgan fingerprint density at radius 1 is 1.40 bits per heavy atom. The van der Waals surface area contributed by atoms with Crippen LogP contribution in [0, 0.1) is 30.9 Å². The monoisotopic (exact) mass is 311 g/mol. The Bertz CT molecular complexity index is 647. The number of rotatable bonds is 4. The van der Waals surface area contributed by atoms with E-state index < -0.39 is 4.92 Å². The van der Waals surface area contributed by atoms with Gasteiger partial charge in [-0.05, 0) is 26.3 Å². The Morgan fingerprint density at radius 2 is 2.10 bits per heavy atom. The summed E-state index contributed by atoms with van der Waals surface area (Å²) in [5, 5.41) is 15.3. The molecule has 0 atom stereocenters. The van der Waals surface area contributed by atoms with Gasteiger partial charge in [0.05, 0.1) is 32.9 Å². The van der Waals surface area contributed by atoms with Gasteiger partial charge in [0.15, 0.2) is 0 Å². The van der Waals surface area contributed by atoms with Crippen molar-refractivity contribution in [1.29, 1.82) is 0 Å². The fraction of sp³-hybridized carbons (Fsp3) is 0.308. The van der Waals surface area contributed by atoms with Crippen LogP contribution < -0.4 is 5.32 Å². The lowest BCUT2D eigenvalue weighted by atomic mass is 10.1. The quantitative estimate of drug-likeness (QED) is 0.677. The minimum absolute atomic E-state index is 0.00117. The third-order valence-electron chi connectivity index (χ3n) is 2.92. The van der Waals surface area contributed by atoms with E-state index >= 15 is 0 Å². The summed E-state index contributed by atoms with van der Waals surface area (Å²) < 4.78 is 0. The molecule has 0 bridgehead atoms. The maximum atomic E-state index is 10.8. The van der Waals surface area contributed by atoms with Gasteiger partial charge < -0.3 is 5.32 Å². The van der Waals surface area contributed by atoms with Crippen molar-refractivity contribution in [2.24, 2.45) is 0 Å². The molecule has 0 spiro atoms. The third kappa shape index (κ3) is 3.08. The first kappa shape index (κ1) is 14.7. The van der Waals surface area contributed by atoms with Crippen molar-refractivity contribution < 1.29 is 4.92 Å². The summed E-state index contributed by atoms with van der Waals surface area (Å²) in [5.74, 6) is 0. The second kappa shape index (κ2) is 5.76. The van der Waals surface area contributed by atoms with Crippen LogP contribution in [0.5, 0.6) is 0 Å². The van der Waals surface area contributed by atoms with Crippen molar-refractivity contribution in [3.05, 3.63) is 48.4 Å². The lowest BCUT2D eigenvalue weighted by Gasteiger charge is -2.10. The molecular weight excluding hydrogens is 298 g/mol. The second-order valence-electron chi connectivity index (χ2n) is 4.47. The van der Waals surface area contributed by atoms with Crippen LogP contribution in [0.1, 0.15) is 21.1 Å². The highest BCUT2D eigenvalue weighted by Gasteiger charge is 2.14. The number of non-ortho nitro benzene ring substituents is 1. The molecule has 0 saturated carbocycles. The van der Waals surface area contributed by atoms with E-state index in [9.17, 15) is 10.1 Å². The summed E-state index contributed by atoms with van der Waals surface area (Å²) in [6, 6.07) is 2.86. The molecule has 1 N–H and O–H groups in total. The summed E-state index contributed by atoms with van der Waals surface area (Å²) in [6.45, 7) is 6.33. The minimum atomic E-state index is -0.448. The molecular formula is C13H14ClN3O2S. The summed E-state index contributed by atoms with van der Waals surface area (Å²) in [5.41, 5.74) is 2.43. The van der Waals surface area contributed by atoms with Gasteiger partial charge in [-0.3, -0.25) is 10.1 Å². The van der Waals surface area contributed by atoms with Crippen LogP contribution in [0.2, 0.25) is 5.02 Å². The molecule has 0 aliphatic carbocycles. The number of halogens is 1. The van der Waals surface area contributed by atoms with E-state index in [2.05, 4.69) is 10.3 Å². The van der Waals surface area contributed by atoms with E-state index in [1.165, 1.54) is 12.1 Å². The molecule has 1 aromatic carbocycles. The standard InChI is InChI=1S/C13H14ClN3O2S/c1-7-4-10(17(18)19)5-11(14)13(7)15-6-12-8(2)20-9(3)16-12/h4-5,15H,6H2,1-3H3. The second-order valence-corrected chi connectivity index (χ2v) is 6.28. The Hall–Kier alpha value is -1.66. The van der Waals surface area contributed by atoms with Gasteiger partial charge in [-0.1, -0.05) is 11.6 Å². The lowest BCUT2D eigenvalue weighted by molar-refractivity contribution is -0.384. The first-order chi connectivity index (χ1) is 9.38. The summed E-state index contributed by atoms with van der Waals surface area (Å²) >= 11 is 7.75. The van der Waals surface area contributed by atoms with Gasteiger partial charge in [0, 0.05) is 17.0 Å². The number of benzene rings is 1. The normalized spacial score (nSPS) is 10.6. The van der Waals surface area contributed by atoms with Crippen LogP contribution in [0.4, 0.5) is 11.4 Å². The number of nitrogens with one attached hydrogen (secondary N) is 1. The van der Waals surface area contributed by atoms with Crippen molar-refractivity contribution in [3.63, 3.8) is 0 Å². The zero-order valence-electron chi connectivity index (χ0n) is 11.4. The van der Waals surface area contributed by atoms with Gasteiger partial charge >= 0.3 is 0 Å². The van der Waals surface area contributed by atoms with Crippen molar-refractivity contribution in [2.75, 3.05) is 5.32 Å². The molecule has 2 rings (SSSR count). The van der Waals surface area contributed by atoms with E-state index in [0.29, 0.717) is 17.3 Å². The van der Waals surface area contributed by atoms with Crippen LogP contribution in [-0.4, -0.2) is 9.91 Å². The van der Waals surface area contributed by atoms with Crippen molar-refractivity contribution >= 4 is 34.3 Å². The van der Waals surface area contributed by atoms with Gasteiger partial charge in [-0.15, -0.1) is 11.3 Å². The molecule has 0 amide bonds. The lowest BCUT2D eigenvalue weighted by Crippen LogP contribution is -2.04. The van der Waals surface area contributed by atoms with Gasteiger partial charge in [0.1, 0.15) is 0 Å². The van der Waals surface area contributed by atoms with Crippen molar-refractivity contribution in [2.45, 2.75) is 27.3 Å². The van der Waals surface area contributed by atoms with Crippen molar-refractivity contribution in [3.8, 4) is 0 Å². The van der Waals surface area contributed by atoms with Crippen LogP contribution in [-0.2, 0) is 6.54 Å². The predicted molar refractivity (Wildman–Crippen MR) is 81.8 cm³/mol. The number of hydrogen-bond donors (Lipinski definition) is 1. The number of aryl methyl sites for hydroxylation is 3. The Kier molecular flexibility index (Phi) is 4.25.